The molecule has 0 aliphatic carbocycles. The van der Waals surface area contributed by atoms with Gasteiger partial charge in [-0.1, -0.05) is 0 Å². The number of hydrogen-bond acceptors (Lipinski definition) is 4. The Hall–Kier alpha value is -1.92. The van der Waals surface area contributed by atoms with Crippen LogP contribution in [0.25, 0.3) is 0 Å². The minimum atomic E-state index is -1.36. The molecule has 0 amide bonds. The van der Waals surface area contributed by atoms with E-state index in [1.165, 1.54) is 0 Å². The molecule has 0 fully saturated rings. The number of aliphatic carboxylic acids is 1. The lowest BCUT2D eigenvalue weighted by atomic mass is 10.4. The highest BCUT2D eigenvalue weighted by atomic mass is 19.1. The normalized spacial score (nSPS) is 10.1. The molecule has 1 rings (SSSR count). The van der Waals surface area contributed by atoms with Crippen LogP contribution in [-0.2, 0) is 11.3 Å². The zero-order valence-electron chi connectivity index (χ0n) is 6.95. The molecule has 14 heavy (non-hydrogen) atoms. The number of carbonyl (C=O) groups is 1. The molecule has 0 radical (unpaired) electrons. The summed E-state index contributed by atoms with van der Waals surface area (Å²) in [5.74, 6) is -2.49. The van der Waals surface area contributed by atoms with Crippen LogP contribution in [0.1, 0.15) is 6.42 Å². The molecule has 76 valence electrons. The van der Waals surface area contributed by atoms with E-state index in [0.717, 1.165) is 4.57 Å². The Morgan fingerprint density at radius 3 is 2.79 bits per heavy atom. The largest absolute Gasteiger partial charge is 0.550 e. The van der Waals surface area contributed by atoms with Crippen LogP contribution in [0, 0.1) is 5.82 Å². The molecule has 1 heterocycles. The molecular weight excluding hydrogens is 195 g/mol. The van der Waals surface area contributed by atoms with E-state index in [1.54, 1.807) is 4.98 Å². The molecule has 0 aromatic carbocycles. The van der Waals surface area contributed by atoms with Gasteiger partial charge in [-0.25, -0.2) is 4.79 Å². The molecule has 1 N–H and O–H groups in total. The number of hydrogen-bond donors (Lipinski definition) is 1. The van der Waals surface area contributed by atoms with Gasteiger partial charge in [0.1, 0.15) is 0 Å². The van der Waals surface area contributed by atoms with Crippen LogP contribution >= 0.6 is 0 Å². The maximum absolute atomic E-state index is 12.6. The first-order valence-corrected chi connectivity index (χ1v) is 3.70. The van der Waals surface area contributed by atoms with Gasteiger partial charge in [0.05, 0.1) is 6.20 Å². The van der Waals surface area contributed by atoms with E-state index in [1.807, 2.05) is 0 Å². The molecule has 0 bridgehead atoms. The predicted molar refractivity (Wildman–Crippen MR) is 40.9 cm³/mol. The first kappa shape index (κ1) is 10.2. The average Bonchev–Trinajstić information content (AvgIpc) is 2.09. The van der Waals surface area contributed by atoms with Crippen LogP contribution in [0.5, 0.6) is 0 Å². The fourth-order valence-corrected chi connectivity index (χ4v) is 0.861. The quantitative estimate of drug-likeness (QED) is 0.601. The molecule has 0 unspecified atom stereocenters. The molecule has 0 spiro atoms. The SMILES string of the molecule is O=C([O-])CCn1cc(F)c(=O)[nH]c1=O. The number of aromatic amines is 1. The van der Waals surface area contributed by atoms with Gasteiger partial charge in [0, 0.05) is 18.9 Å². The van der Waals surface area contributed by atoms with E-state index in [-0.39, 0.29) is 6.54 Å². The molecular formula is C7H6FN2O4-. The topological polar surface area (TPSA) is 95.0 Å². The van der Waals surface area contributed by atoms with Crippen molar-refractivity contribution in [1.29, 1.82) is 0 Å². The third kappa shape index (κ3) is 2.28. The van der Waals surface area contributed by atoms with Gasteiger partial charge in [-0.05, 0) is 0 Å². The lowest BCUT2D eigenvalue weighted by Crippen LogP contribution is -2.33. The van der Waals surface area contributed by atoms with E-state index < -0.39 is 29.5 Å². The summed E-state index contributed by atoms with van der Waals surface area (Å²) in [5.41, 5.74) is -1.97. The number of rotatable bonds is 3. The number of carboxylic acid groups (broad SMARTS) is 1. The van der Waals surface area contributed by atoms with Crippen molar-refractivity contribution in [3.05, 3.63) is 32.9 Å². The predicted octanol–water partition coefficient (Wildman–Crippen LogP) is -2.18. The van der Waals surface area contributed by atoms with Crippen LogP contribution in [0.2, 0.25) is 0 Å². The van der Waals surface area contributed by atoms with Gasteiger partial charge >= 0.3 is 5.69 Å². The zero-order valence-corrected chi connectivity index (χ0v) is 6.95. The first-order chi connectivity index (χ1) is 6.50. The van der Waals surface area contributed by atoms with Crippen LogP contribution in [0.3, 0.4) is 0 Å². The van der Waals surface area contributed by atoms with Crippen molar-refractivity contribution >= 4 is 5.97 Å². The van der Waals surface area contributed by atoms with Gasteiger partial charge in [-0.15, -0.1) is 0 Å². The second-order valence-electron chi connectivity index (χ2n) is 2.55. The molecule has 0 saturated carbocycles. The van der Waals surface area contributed by atoms with E-state index in [9.17, 15) is 23.9 Å². The van der Waals surface area contributed by atoms with Crippen molar-refractivity contribution < 1.29 is 14.3 Å². The van der Waals surface area contributed by atoms with Crippen molar-refractivity contribution in [2.75, 3.05) is 0 Å². The van der Waals surface area contributed by atoms with Crippen molar-refractivity contribution in [3.8, 4) is 0 Å². The highest BCUT2D eigenvalue weighted by Crippen LogP contribution is 1.87. The summed E-state index contributed by atoms with van der Waals surface area (Å²) in [5, 5.41) is 10.0. The van der Waals surface area contributed by atoms with E-state index in [4.69, 9.17) is 0 Å². The van der Waals surface area contributed by atoms with E-state index in [2.05, 4.69) is 0 Å². The average molecular weight is 201 g/mol. The summed E-state index contributed by atoms with van der Waals surface area (Å²) < 4.78 is 13.4. The fraction of sp³-hybridized carbons (Fsp3) is 0.286. The Balaban J connectivity index is 2.99. The second kappa shape index (κ2) is 3.86. The van der Waals surface area contributed by atoms with Crippen LogP contribution in [0.4, 0.5) is 4.39 Å². The third-order valence-electron chi connectivity index (χ3n) is 1.52. The van der Waals surface area contributed by atoms with Crippen LogP contribution in [-0.4, -0.2) is 15.5 Å². The summed E-state index contributed by atoms with van der Waals surface area (Å²) in [6.07, 6.45) is 0.232. The molecule has 0 aliphatic heterocycles. The monoisotopic (exact) mass is 201 g/mol. The van der Waals surface area contributed by atoms with Gasteiger partial charge in [0.15, 0.2) is 0 Å². The van der Waals surface area contributed by atoms with Gasteiger partial charge in [-0.2, -0.15) is 4.39 Å². The van der Waals surface area contributed by atoms with Gasteiger partial charge in [-0.3, -0.25) is 14.3 Å². The van der Waals surface area contributed by atoms with Crippen molar-refractivity contribution in [3.63, 3.8) is 0 Å². The summed E-state index contributed by atoms with van der Waals surface area (Å²) >= 11 is 0. The Labute approximate surface area is 76.6 Å². The number of nitrogens with zero attached hydrogens (tertiary/aromatic N) is 1. The Morgan fingerprint density at radius 1 is 1.57 bits per heavy atom. The summed E-state index contributed by atoms with van der Waals surface area (Å²) in [7, 11) is 0. The minimum absolute atomic E-state index is 0.241. The van der Waals surface area contributed by atoms with Gasteiger partial charge < -0.3 is 9.90 Å². The fourth-order valence-electron chi connectivity index (χ4n) is 0.861. The summed E-state index contributed by atoms with van der Waals surface area (Å²) in [4.78, 5) is 33.2. The van der Waals surface area contributed by atoms with Gasteiger partial charge in [0.2, 0.25) is 5.82 Å². The van der Waals surface area contributed by atoms with Crippen molar-refractivity contribution in [1.82, 2.24) is 9.55 Å². The highest BCUT2D eigenvalue weighted by Gasteiger charge is 2.02. The molecule has 0 aliphatic rings. The smallest absolute Gasteiger partial charge is 0.328 e. The third-order valence-corrected chi connectivity index (χ3v) is 1.52. The molecule has 0 saturated heterocycles. The highest BCUT2D eigenvalue weighted by molar-refractivity contribution is 5.63. The Morgan fingerprint density at radius 2 is 2.21 bits per heavy atom. The van der Waals surface area contributed by atoms with Crippen molar-refractivity contribution in [2.45, 2.75) is 13.0 Å². The molecule has 1 aromatic rings. The first-order valence-electron chi connectivity index (χ1n) is 3.70. The van der Waals surface area contributed by atoms with E-state index >= 15 is 0 Å². The number of carboxylic acids is 1. The maximum Gasteiger partial charge on any atom is 0.328 e. The maximum atomic E-state index is 12.6. The lowest BCUT2D eigenvalue weighted by Gasteiger charge is -2.04. The summed E-state index contributed by atoms with van der Waals surface area (Å²) in [6, 6.07) is 0. The van der Waals surface area contributed by atoms with Crippen molar-refractivity contribution in [2.24, 2.45) is 0 Å². The Kier molecular flexibility index (Phi) is 2.80. The molecule has 0 atom stereocenters. The molecule has 7 heteroatoms. The summed E-state index contributed by atoms with van der Waals surface area (Å²) in [6.45, 7) is -0.241. The number of H-pyrrole nitrogens is 1. The number of halogens is 1. The number of aromatic nitrogens is 2. The number of aryl methyl sites for hydroxylation is 1. The van der Waals surface area contributed by atoms with Crippen LogP contribution in [0.15, 0.2) is 15.8 Å². The standard InChI is InChI=1S/C7H7FN2O4/c8-4-3-10(2-1-5(11)12)7(14)9-6(4)13/h3H,1-2H2,(H,11,12)(H,9,13,14)/p-1. The zero-order chi connectivity index (χ0) is 10.7. The Bertz CT molecular complexity index is 461. The van der Waals surface area contributed by atoms with E-state index in [0.29, 0.717) is 6.20 Å². The molecule has 6 nitrogen and oxygen atoms in total. The van der Waals surface area contributed by atoms with Gasteiger partial charge in [0.25, 0.3) is 5.56 Å². The number of nitrogens with one attached hydrogen (secondary N) is 1. The lowest BCUT2D eigenvalue weighted by molar-refractivity contribution is -0.305. The number of carbonyl (C=O) groups excluding carboxylic acids is 1. The molecule has 1 aromatic heterocycles. The minimum Gasteiger partial charge on any atom is -0.550 e. The van der Waals surface area contributed by atoms with Crippen LogP contribution < -0.4 is 16.4 Å². The second-order valence-corrected chi connectivity index (χ2v) is 2.55.